The molecule has 0 N–H and O–H groups in total. The molecule has 5 heteroatoms. The summed E-state index contributed by atoms with van der Waals surface area (Å²) in [6.07, 6.45) is 2.40. The molecule has 0 spiro atoms. The van der Waals surface area contributed by atoms with Crippen molar-refractivity contribution in [3.05, 3.63) is 0 Å². The first-order valence-corrected chi connectivity index (χ1v) is 7.14. The maximum Gasteiger partial charge on any atom is 0.330 e. The smallest absolute Gasteiger partial charge is 0.309 e. The van der Waals surface area contributed by atoms with E-state index < -0.39 is 7.60 Å². The quantitative estimate of drug-likeness (QED) is 0.456. The van der Waals surface area contributed by atoms with Gasteiger partial charge in [-0.05, 0) is 33.6 Å². The van der Waals surface area contributed by atoms with Crippen molar-refractivity contribution in [1.82, 2.24) is 0 Å². The predicted molar refractivity (Wildman–Crippen MR) is 60.3 cm³/mol. The van der Waals surface area contributed by atoms with Crippen LogP contribution in [-0.4, -0.2) is 25.2 Å². The zero-order chi connectivity index (χ0) is 11.7. The summed E-state index contributed by atoms with van der Waals surface area (Å²) in [5, 5.41) is 0. The lowest BCUT2D eigenvalue weighted by Gasteiger charge is -2.16. The lowest BCUT2D eigenvalue weighted by Crippen LogP contribution is -2.01. The minimum Gasteiger partial charge on any atom is -0.309 e. The van der Waals surface area contributed by atoms with Gasteiger partial charge in [0, 0.05) is 6.42 Å². The SMILES string of the molecule is CCOP(=O)(CCCCC(C)=O)OCC. The summed E-state index contributed by atoms with van der Waals surface area (Å²) < 4.78 is 22.2. The Morgan fingerprint density at radius 3 is 2.07 bits per heavy atom. The molecule has 0 fully saturated rings. The molecule has 0 aromatic rings. The first-order valence-electron chi connectivity index (χ1n) is 5.41. The number of ketones is 1. The Morgan fingerprint density at radius 2 is 1.67 bits per heavy atom. The Morgan fingerprint density at radius 1 is 1.13 bits per heavy atom. The maximum absolute atomic E-state index is 11.9. The molecule has 0 atom stereocenters. The van der Waals surface area contributed by atoms with Crippen LogP contribution in [0.5, 0.6) is 0 Å². The molecule has 0 aromatic heterocycles. The second kappa shape index (κ2) is 8.03. The molecule has 0 saturated carbocycles. The van der Waals surface area contributed by atoms with Gasteiger partial charge in [0.2, 0.25) is 0 Å². The molecular formula is C10H21O4P. The van der Waals surface area contributed by atoms with Gasteiger partial charge in [-0.1, -0.05) is 0 Å². The van der Waals surface area contributed by atoms with Crippen molar-refractivity contribution in [2.24, 2.45) is 0 Å². The fourth-order valence-corrected chi connectivity index (χ4v) is 2.97. The van der Waals surface area contributed by atoms with Crippen molar-refractivity contribution >= 4 is 13.4 Å². The molecule has 15 heavy (non-hydrogen) atoms. The highest BCUT2D eigenvalue weighted by Gasteiger charge is 2.22. The van der Waals surface area contributed by atoms with Crippen molar-refractivity contribution in [3.63, 3.8) is 0 Å². The summed E-state index contributed by atoms with van der Waals surface area (Å²) in [5.41, 5.74) is 0. The van der Waals surface area contributed by atoms with Gasteiger partial charge >= 0.3 is 7.60 Å². The van der Waals surface area contributed by atoms with E-state index in [9.17, 15) is 9.36 Å². The lowest BCUT2D eigenvalue weighted by molar-refractivity contribution is -0.117. The van der Waals surface area contributed by atoms with E-state index in [-0.39, 0.29) is 5.78 Å². The zero-order valence-electron chi connectivity index (χ0n) is 9.82. The molecular weight excluding hydrogens is 215 g/mol. The summed E-state index contributed by atoms with van der Waals surface area (Å²) in [5.74, 6) is 0.164. The Kier molecular flexibility index (Phi) is 7.93. The predicted octanol–water partition coefficient (Wildman–Crippen LogP) is 3.01. The third kappa shape index (κ3) is 7.71. The molecule has 0 unspecified atom stereocenters. The van der Waals surface area contributed by atoms with Crippen LogP contribution in [0.2, 0.25) is 0 Å². The molecule has 0 aliphatic rings. The molecule has 0 radical (unpaired) electrons. The van der Waals surface area contributed by atoms with E-state index in [1.165, 1.54) is 0 Å². The van der Waals surface area contributed by atoms with E-state index in [4.69, 9.17) is 9.05 Å². The molecule has 0 rings (SSSR count). The molecule has 0 bridgehead atoms. The summed E-state index contributed by atoms with van der Waals surface area (Å²) in [6, 6.07) is 0. The number of Topliss-reactive ketones (excluding diaryl/α,β-unsaturated/α-hetero) is 1. The third-order valence-corrected chi connectivity index (χ3v) is 4.03. The van der Waals surface area contributed by atoms with Gasteiger partial charge in [-0.2, -0.15) is 0 Å². The number of carbonyl (C=O) groups excluding carboxylic acids is 1. The summed E-state index contributed by atoms with van der Waals surface area (Å²) in [7, 11) is -2.89. The van der Waals surface area contributed by atoms with E-state index in [2.05, 4.69) is 0 Å². The number of unbranched alkanes of at least 4 members (excludes halogenated alkanes) is 1. The molecule has 0 heterocycles. The lowest BCUT2D eigenvalue weighted by atomic mass is 10.2. The second-order valence-corrected chi connectivity index (χ2v) is 5.51. The third-order valence-electron chi connectivity index (χ3n) is 1.86. The average molecular weight is 236 g/mol. The largest absolute Gasteiger partial charge is 0.330 e. The Bertz CT molecular complexity index is 217. The van der Waals surface area contributed by atoms with Crippen LogP contribution in [0.3, 0.4) is 0 Å². The van der Waals surface area contributed by atoms with E-state index in [0.717, 1.165) is 6.42 Å². The maximum atomic E-state index is 11.9. The van der Waals surface area contributed by atoms with Crippen LogP contribution in [0, 0.1) is 0 Å². The first kappa shape index (κ1) is 14.8. The van der Waals surface area contributed by atoms with Gasteiger partial charge in [0.15, 0.2) is 0 Å². The van der Waals surface area contributed by atoms with Gasteiger partial charge in [-0.3, -0.25) is 4.57 Å². The molecule has 0 aliphatic heterocycles. The second-order valence-electron chi connectivity index (χ2n) is 3.33. The Labute approximate surface area is 91.9 Å². The van der Waals surface area contributed by atoms with Gasteiger partial charge in [-0.25, -0.2) is 0 Å². The fourth-order valence-electron chi connectivity index (χ4n) is 1.24. The highest BCUT2D eigenvalue weighted by molar-refractivity contribution is 7.53. The van der Waals surface area contributed by atoms with Crippen LogP contribution in [0.15, 0.2) is 0 Å². The van der Waals surface area contributed by atoms with Gasteiger partial charge in [0.25, 0.3) is 0 Å². The molecule has 0 aliphatic carbocycles. The van der Waals surface area contributed by atoms with Crippen molar-refractivity contribution in [2.45, 2.75) is 40.0 Å². The minimum atomic E-state index is -2.89. The monoisotopic (exact) mass is 236 g/mol. The van der Waals surface area contributed by atoms with E-state index in [1.807, 2.05) is 0 Å². The molecule has 4 nitrogen and oxygen atoms in total. The number of hydrogen-bond acceptors (Lipinski definition) is 4. The standard InChI is InChI=1S/C10H21O4P/c1-4-13-15(12,14-5-2)9-7-6-8-10(3)11/h4-9H2,1-3H3. The van der Waals surface area contributed by atoms with Crippen molar-refractivity contribution in [2.75, 3.05) is 19.4 Å². The van der Waals surface area contributed by atoms with Crippen molar-refractivity contribution in [3.8, 4) is 0 Å². The molecule has 0 amide bonds. The zero-order valence-corrected chi connectivity index (χ0v) is 10.7. The average Bonchev–Trinajstić information content (AvgIpc) is 2.13. The van der Waals surface area contributed by atoms with Crippen LogP contribution < -0.4 is 0 Å². The topological polar surface area (TPSA) is 52.6 Å². The van der Waals surface area contributed by atoms with Gasteiger partial charge in [0.1, 0.15) is 5.78 Å². The Hall–Kier alpha value is -0.180. The number of rotatable bonds is 9. The molecule has 0 saturated heterocycles. The Balaban J connectivity index is 3.85. The van der Waals surface area contributed by atoms with Crippen LogP contribution >= 0.6 is 7.60 Å². The number of carbonyl (C=O) groups is 1. The van der Waals surface area contributed by atoms with Crippen LogP contribution in [0.4, 0.5) is 0 Å². The highest BCUT2D eigenvalue weighted by atomic mass is 31.2. The van der Waals surface area contributed by atoms with E-state index in [1.54, 1.807) is 20.8 Å². The van der Waals surface area contributed by atoms with Gasteiger partial charge in [0.05, 0.1) is 19.4 Å². The minimum absolute atomic E-state index is 0.164. The van der Waals surface area contributed by atoms with E-state index in [0.29, 0.717) is 32.2 Å². The highest BCUT2D eigenvalue weighted by Crippen LogP contribution is 2.48. The van der Waals surface area contributed by atoms with Gasteiger partial charge in [-0.15, -0.1) is 0 Å². The first-order chi connectivity index (χ1) is 7.04. The fraction of sp³-hybridized carbons (Fsp3) is 0.900. The molecule has 90 valence electrons. The van der Waals surface area contributed by atoms with Crippen molar-refractivity contribution in [1.29, 1.82) is 0 Å². The molecule has 0 aromatic carbocycles. The van der Waals surface area contributed by atoms with Crippen LogP contribution in [0.25, 0.3) is 0 Å². The summed E-state index contributed by atoms with van der Waals surface area (Å²) in [4.78, 5) is 10.7. The summed E-state index contributed by atoms with van der Waals surface area (Å²) in [6.45, 7) is 5.93. The van der Waals surface area contributed by atoms with Crippen molar-refractivity contribution < 1.29 is 18.4 Å². The number of hydrogen-bond donors (Lipinski definition) is 0. The van der Waals surface area contributed by atoms with Crippen LogP contribution in [0.1, 0.15) is 40.0 Å². The van der Waals surface area contributed by atoms with Crippen LogP contribution in [-0.2, 0) is 18.4 Å². The van der Waals surface area contributed by atoms with E-state index >= 15 is 0 Å². The van der Waals surface area contributed by atoms with Gasteiger partial charge < -0.3 is 13.8 Å². The normalized spacial score (nSPS) is 11.7. The summed E-state index contributed by atoms with van der Waals surface area (Å²) >= 11 is 0.